The van der Waals surface area contributed by atoms with Crippen LogP contribution in [0.5, 0.6) is 5.75 Å². The lowest BCUT2D eigenvalue weighted by Crippen LogP contribution is -2.38. The van der Waals surface area contributed by atoms with E-state index in [-0.39, 0.29) is 11.8 Å². The van der Waals surface area contributed by atoms with Gasteiger partial charge in [-0.3, -0.25) is 9.78 Å². The van der Waals surface area contributed by atoms with Crippen molar-refractivity contribution in [3.8, 4) is 5.75 Å². The van der Waals surface area contributed by atoms with Gasteiger partial charge in [0.05, 0.1) is 13.0 Å². The molecule has 25 heavy (non-hydrogen) atoms. The summed E-state index contributed by atoms with van der Waals surface area (Å²) in [6, 6.07) is 11.7. The Morgan fingerprint density at radius 2 is 2.00 bits per heavy atom. The molecule has 0 unspecified atom stereocenters. The zero-order valence-corrected chi connectivity index (χ0v) is 15.5. The first-order chi connectivity index (χ1) is 12.0. The van der Waals surface area contributed by atoms with Crippen LogP contribution in [-0.2, 0) is 11.3 Å². The van der Waals surface area contributed by atoms with Crippen LogP contribution in [0.3, 0.4) is 0 Å². The molecule has 0 saturated heterocycles. The van der Waals surface area contributed by atoms with Crippen LogP contribution < -0.4 is 4.74 Å². The number of hydrogen-bond donors (Lipinski definition) is 0. The highest BCUT2D eigenvalue weighted by atomic mass is 16.5. The molecule has 0 N–H and O–H groups in total. The molecule has 134 valence electrons. The number of aromatic nitrogens is 1. The first-order valence-corrected chi connectivity index (χ1v) is 8.47. The van der Waals surface area contributed by atoms with Gasteiger partial charge >= 0.3 is 0 Å². The van der Waals surface area contributed by atoms with Gasteiger partial charge in [-0.25, -0.2) is 0 Å². The number of benzene rings is 1. The molecule has 0 fully saturated rings. The van der Waals surface area contributed by atoms with E-state index in [1.54, 1.807) is 19.5 Å². The van der Waals surface area contributed by atoms with Crippen LogP contribution in [0.25, 0.3) is 0 Å². The zero-order valence-electron chi connectivity index (χ0n) is 15.5. The average molecular weight is 341 g/mol. The van der Waals surface area contributed by atoms with Gasteiger partial charge in [-0.15, -0.1) is 0 Å². The van der Waals surface area contributed by atoms with Crippen LogP contribution in [-0.4, -0.2) is 55.0 Å². The molecule has 0 spiro atoms. The van der Waals surface area contributed by atoms with Crippen molar-refractivity contribution < 1.29 is 9.53 Å². The number of carbonyl (C=O) groups excluding carboxylic acids is 1. The highest BCUT2D eigenvalue weighted by Gasteiger charge is 2.22. The molecule has 0 radical (unpaired) electrons. The van der Waals surface area contributed by atoms with Gasteiger partial charge in [0.25, 0.3) is 0 Å². The van der Waals surface area contributed by atoms with Gasteiger partial charge in [0, 0.05) is 32.0 Å². The third kappa shape index (κ3) is 5.57. The molecule has 1 atom stereocenters. The van der Waals surface area contributed by atoms with Crippen molar-refractivity contribution in [2.45, 2.75) is 19.4 Å². The summed E-state index contributed by atoms with van der Waals surface area (Å²) in [4.78, 5) is 21.2. The van der Waals surface area contributed by atoms with E-state index in [9.17, 15) is 4.79 Å². The smallest absolute Gasteiger partial charge is 0.230 e. The van der Waals surface area contributed by atoms with Gasteiger partial charge in [0.1, 0.15) is 5.75 Å². The van der Waals surface area contributed by atoms with E-state index >= 15 is 0 Å². The number of hydrogen-bond acceptors (Lipinski definition) is 4. The van der Waals surface area contributed by atoms with Crippen molar-refractivity contribution in [1.29, 1.82) is 0 Å². The highest BCUT2D eigenvalue weighted by Crippen LogP contribution is 2.20. The van der Waals surface area contributed by atoms with Crippen LogP contribution in [0.4, 0.5) is 0 Å². The van der Waals surface area contributed by atoms with E-state index in [4.69, 9.17) is 4.74 Å². The average Bonchev–Trinajstić information content (AvgIpc) is 2.64. The number of methoxy groups -OCH3 is 1. The number of amides is 1. The molecule has 5 nitrogen and oxygen atoms in total. The molecule has 2 aromatic rings. The van der Waals surface area contributed by atoms with Crippen LogP contribution in [0, 0.1) is 0 Å². The highest BCUT2D eigenvalue weighted by molar-refractivity contribution is 5.83. The van der Waals surface area contributed by atoms with Crippen LogP contribution in [0.15, 0.2) is 48.8 Å². The lowest BCUT2D eigenvalue weighted by atomic mass is 10.0. The summed E-state index contributed by atoms with van der Waals surface area (Å²) in [6.45, 7) is 3.99. The summed E-state index contributed by atoms with van der Waals surface area (Å²) >= 11 is 0. The fourth-order valence-electron chi connectivity index (χ4n) is 2.63. The molecule has 0 bridgehead atoms. The Balaban J connectivity index is 2.17. The predicted octanol–water partition coefficient (Wildman–Crippen LogP) is 2.78. The second kappa shape index (κ2) is 9.18. The van der Waals surface area contributed by atoms with E-state index in [1.165, 1.54) is 0 Å². The largest absolute Gasteiger partial charge is 0.497 e. The van der Waals surface area contributed by atoms with Crippen LogP contribution >= 0.6 is 0 Å². The molecule has 1 amide bonds. The lowest BCUT2D eigenvalue weighted by Gasteiger charge is -2.27. The van der Waals surface area contributed by atoms with E-state index < -0.39 is 0 Å². The molecule has 1 aromatic heterocycles. The van der Waals surface area contributed by atoms with Crippen molar-refractivity contribution in [3.05, 3.63) is 59.9 Å². The number of carbonyl (C=O) groups is 1. The zero-order chi connectivity index (χ0) is 18.2. The Morgan fingerprint density at radius 1 is 1.20 bits per heavy atom. The summed E-state index contributed by atoms with van der Waals surface area (Å²) in [7, 11) is 5.68. The molecule has 1 aromatic carbocycles. The van der Waals surface area contributed by atoms with Gasteiger partial charge in [0.2, 0.25) is 5.91 Å². The minimum absolute atomic E-state index is 0.109. The Bertz CT molecular complexity index is 674. The Hall–Kier alpha value is -2.40. The summed E-state index contributed by atoms with van der Waals surface area (Å²) < 4.78 is 5.29. The van der Waals surface area contributed by atoms with Crippen LogP contribution in [0.1, 0.15) is 24.0 Å². The summed E-state index contributed by atoms with van der Waals surface area (Å²) in [5.74, 6) is 0.692. The fraction of sp³-hybridized carbons (Fsp3) is 0.400. The first-order valence-electron chi connectivity index (χ1n) is 8.47. The monoisotopic (exact) mass is 341 g/mol. The Morgan fingerprint density at radius 3 is 2.64 bits per heavy atom. The summed E-state index contributed by atoms with van der Waals surface area (Å²) in [5, 5.41) is 0. The van der Waals surface area contributed by atoms with Crippen LogP contribution in [0.2, 0.25) is 0 Å². The second-order valence-corrected chi connectivity index (χ2v) is 6.42. The Labute approximate surface area is 150 Å². The van der Waals surface area contributed by atoms with Gasteiger partial charge < -0.3 is 14.5 Å². The molecule has 2 rings (SSSR count). The summed E-state index contributed by atoms with van der Waals surface area (Å²) in [5.41, 5.74) is 2.00. The normalized spacial score (nSPS) is 12.0. The van der Waals surface area contributed by atoms with E-state index in [0.29, 0.717) is 13.1 Å². The van der Waals surface area contributed by atoms with Crippen molar-refractivity contribution in [1.82, 2.24) is 14.8 Å². The van der Waals surface area contributed by atoms with Crippen molar-refractivity contribution >= 4 is 5.91 Å². The number of ether oxygens (including phenoxy) is 1. The number of likely N-dealkylation sites (N-methyl/N-ethyl adjacent to an activating group) is 1. The lowest BCUT2D eigenvalue weighted by molar-refractivity contribution is -0.133. The molecule has 0 aliphatic heterocycles. The molecule has 0 saturated carbocycles. The van der Waals surface area contributed by atoms with Gasteiger partial charge in [-0.05, 0) is 50.3 Å². The molecule has 0 aliphatic rings. The van der Waals surface area contributed by atoms with Gasteiger partial charge in [0.15, 0.2) is 0 Å². The topological polar surface area (TPSA) is 45.7 Å². The standard InChI is InChI=1S/C20H27N3O2/c1-16(18-8-6-10-21-14-18)20(24)23(12-11-22(2)3)15-17-7-5-9-19(13-17)25-4/h5-10,13-14,16H,11-12,15H2,1-4H3/t16-/m0/s1. The molecule has 1 heterocycles. The maximum atomic E-state index is 13.1. The quantitative estimate of drug-likeness (QED) is 0.741. The second-order valence-electron chi connectivity index (χ2n) is 6.42. The molecular weight excluding hydrogens is 314 g/mol. The summed E-state index contributed by atoms with van der Waals surface area (Å²) in [6.07, 6.45) is 3.49. The minimum atomic E-state index is -0.221. The van der Waals surface area contributed by atoms with Gasteiger partial charge in [-0.1, -0.05) is 18.2 Å². The molecular formula is C20H27N3O2. The van der Waals surface area contributed by atoms with Crippen molar-refractivity contribution in [2.75, 3.05) is 34.3 Å². The SMILES string of the molecule is COc1cccc(CN(CCN(C)C)C(=O)[C@@H](C)c2cccnc2)c1. The van der Waals surface area contributed by atoms with E-state index in [0.717, 1.165) is 23.4 Å². The first kappa shape index (κ1) is 18.9. The number of rotatable bonds is 8. The molecule has 0 aliphatic carbocycles. The minimum Gasteiger partial charge on any atom is -0.497 e. The maximum absolute atomic E-state index is 13.1. The number of nitrogens with zero attached hydrogens (tertiary/aromatic N) is 3. The molecule has 5 heteroatoms. The van der Waals surface area contributed by atoms with E-state index in [2.05, 4.69) is 9.88 Å². The third-order valence-electron chi connectivity index (χ3n) is 4.19. The Kier molecular flexibility index (Phi) is 6.95. The predicted molar refractivity (Wildman–Crippen MR) is 99.6 cm³/mol. The van der Waals surface area contributed by atoms with E-state index in [1.807, 2.05) is 62.3 Å². The third-order valence-corrected chi connectivity index (χ3v) is 4.19. The maximum Gasteiger partial charge on any atom is 0.230 e. The van der Waals surface area contributed by atoms with Crippen molar-refractivity contribution in [2.24, 2.45) is 0 Å². The fourth-order valence-corrected chi connectivity index (χ4v) is 2.63. The number of pyridine rings is 1. The van der Waals surface area contributed by atoms with Gasteiger partial charge in [-0.2, -0.15) is 0 Å². The van der Waals surface area contributed by atoms with Crippen molar-refractivity contribution in [3.63, 3.8) is 0 Å².